The smallest absolute Gasteiger partial charge is 0.122 e. The van der Waals surface area contributed by atoms with E-state index in [1.54, 1.807) is 0 Å². The van der Waals surface area contributed by atoms with Gasteiger partial charge < -0.3 is 10.5 Å². The largest absolute Gasteiger partial charge is 0.493 e. The van der Waals surface area contributed by atoms with Gasteiger partial charge in [0.15, 0.2) is 0 Å². The van der Waals surface area contributed by atoms with Gasteiger partial charge in [0.25, 0.3) is 0 Å². The lowest BCUT2D eigenvalue weighted by atomic mass is 9.85. The summed E-state index contributed by atoms with van der Waals surface area (Å²) in [5.41, 5.74) is 9.05. The maximum Gasteiger partial charge on any atom is 0.122 e. The van der Waals surface area contributed by atoms with Crippen LogP contribution in [-0.4, -0.2) is 6.61 Å². The van der Waals surface area contributed by atoms with Crippen molar-refractivity contribution >= 4 is 0 Å². The van der Waals surface area contributed by atoms with Crippen molar-refractivity contribution in [2.24, 2.45) is 11.1 Å². The Balaban J connectivity index is 2.15. The van der Waals surface area contributed by atoms with Crippen molar-refractivity contribution in [1.82, 2.24) is 0 Å². The van der Waals surface area contributed by atoms with E-state index in [-0.39, 0.29) is 11.5 Å². The molecule has 2 heteroatoms. The molecule has 1 unspecified atom stereocenters. The van der Waals surface area contributed by atoms with Crippen LogP contribution in [0.15, 0.2) is 18.2 Å². The van der Waals surface area contributed by atoms with Crippen LogP contribution >= 0.6 is 0 Å². The molecular weight excluding hydrogens is 198 g/mol. The fraction of sp³-hybridized carbons (Fsp3) is 0.571. The fourth-order valence-electron chi connectivity index (χ4n) is 2.21. The summed E-state index contributed by atoms with van der Waals surface area (Å²) >= 11 is 0. The minimum absolute atomic E-state index is 0.130. The predicted octanol–water partition coefficient (Wildman–Crippen LogP) is 3.06. The zero-order valence-electron chi connectivity index (χ0n) is 10.4. The average Bonchev–Trinajstić information content (AvgIpc) is 2.61. The zero-order chi connectivity index (χ0) is 11.8. The molecular formula is C14H21NO. The fourth-order valence-corrected chi connectivity index (χ4v) is 2.21. The van der Waals surface area contributed by atoms with Gasteiger partial charge in [-0.1, -0.05) is 32.9 Å². The van der Waals surface area contributed by atoms with Crippen molar-refractivity contribution in [3.8, 4) is 5.75 Å². The average molecular weight is 219 g/mol. The van der Waals surface area contributed by atoms with E-state index in [4.69, 9.17) is 10.5 Å². The first-order valence-electron chi connectivity index (χ1n) is 5.97. The molecule has 0 bridgehead atoms. The summed E-state index contributed by atoms with van der Waals surface area (Å²) in [6.45, 7) is 7.49. The lowest BCUT2D eigenvalue weighted by molar-refractivity contribution is 0.342. The minimum atomic E-state index is 0.130. The van der Waals surface area contributed by atoms with Gasteiger partial charge in [-0.25, -0.2) is 0 Å². The molecule has 0 amide bonds. The van der Waals surface area contributed by atoms with Crippen LogP contribution in [0, 0.1) is 5.41 Å². The van der Waals surface area contributed by atoms with Crippen LogP contribution in [0.25, 0.3) is 0 Å². The van der Waals surface area contributed by atoms with Gasteiger partial charge in [0.2, 0.25) is 0 Å². The second-order valence-corrected chi connectivity index (χ2v) is 5.84. The SMILES string of the molecule is CC(C)(C)CC(N)c1ccc2c(c1)CCO2. The number of benzene rings is 1. The summed E-state index contributed by atoms with van der Waals surface area (Å²) in [5, 5.41) is 0. The molecule has 88 valence electrons. The highest BCUT2D eigenvalue weighted by atomic mass is 16.5. The molecule has 0 aromatic heterocycles. The normalized spacial score (nSPS) is 16.8. The number of hydrogen-bond donors (Lipinski definition) is 1. The van der Waals surface area contributed by atoms with Crippen molar-refractivity contribution in [1.29, 1.82) is 0 Å². The highest BCUT2D eigenvalue weighted by Gasteiger charge is 2.19. The van der Waals surface area contributed by atoms with Gasteiger partial charge >= 0.3 is 0 Å². The Morgan fingerprint density at radius 3 is 2.81 bits per heavy atom. The highest BCUT2D eigenvalue weighted by molar-refractivity contribution is 5.40. The number of nitrogens with two attached hydrogens (primary N) is 1. The van der Waals surface area contributed by atoms with E-state index < -0.39 is 0 Å². The van der Waals surface area contributed by atoms with Crippen LogP contribution in [0.5, 0.6) is 5.75 Å². The van der Waals surface area contributed by atoms with Crippen molar-refractivity contribution in [2.75, 3.05) is 6.61 Å². The van der Waals surface area contributed by atoms with Crippen molar-refractivity contribution < 1.29 is 4.74 Å². The Morgan fingerprint density at radius 1 is 1.38 bits per heavy atom. The molecule has 1 aliphatic heterocycles. The Labute approximate surface area is 97.8 Å². The molecule has 1 aromatic rings. The Hall–Kier alpha value is -1.02. The summed E-state index contributed by atoms with van der Waals surface area (Å²) in [7, 11) is 0. The predicted molar refractivity (Wildman–Crippen MR) is 66.6 cm³/mol. The van der Waals surface area contributed by atoms with E-state index in [2.05, 4.69) is 39.0 Å². The first-order chi connectivity index (χ1) is 7.46. The maximum absolute atomic E-state index is 6.23. The third-order valence-corrected chi connectivity index (χ3v) is 2.97. The molecule has 2 N–H and O–H groups in total. The molecule has 0 saturated carbocycles. The van der Waals surface area contributed by atoms with Crippen LogP contribution in [0.2, 0.25) is 0 Å². The molecule has 0 spiro atoms. The molecule has 0 fully saturated rings. The first kappa shape index (κ1) is 11.5. The van der Waals surface area contributed by atoms with Crippen LogP contribution in [0.4, 0.5) is 0 Å². The van der Waals surface area contributed by atoms with Crippen LogP contribution in [0.1, 0.15) is 44.4 Å². The Bertz CT molecular complexity index is 379. The van der Waals surface area contributed by atoms with Crippen molar-refractivity contribution in [3.05, 3.63) is 29.3 Å². The molecule has 1 aromatic carbocycles. The van der Waals surface area contributed by atoms with Gasteiger partial charge in [-0.3, -0.25) is 0 Å². The minimum Gasteiger partial charge on any atom is -0.493 e. The molecule has 0 saturated heterocycles. The molecule has 1 atom stereocenters. The van der Waals surface area contributed by atoms with E-state index in [1.165, 1.54) is 11.1 Å². The lowest BCUT2D eigenvalue weighted by Crippen LogP contribution is -2.18. The molecule has 0 radical (unpaired) electrons. The van der Waals surface area contributed by atoms with Gasteiger partial charge in [0, 0.05) is 12.5 Å². The quantitative estimate of drug-likeness (QED) is 0.829. The number of ether oxygens (including phenoxy) is 1. The summed E-state index contributed by atoms with van der Waals surface area (Å²) < 4.78 is 5.49. The first-order valence-corrected chi connectivity index (χ1v) is 5.97. The molecule has 2 nitrogen and oxygen atoms in total. The summed E-state index contributed by atoms with van der Waals surface area (Å²) in [6.07, 6.45) is 2.03. The van der Waals surface area contributed by atoms with E-state index in [9.17, 15) is 0 Å². The van der Waals surface area contributed by atoms with Crippen molar-refractivity contribution in [2.45, 2.75) is 39.7 Å². The van der Waals surface area contributed by atoms with Gasteiger partial charge in [-0.15, -0.1) is 0 Å². The third kappa shape index (κ3) is 2.56. The topological polar surface area (TPSA) is 35.2 Å². The van der Waals surface area contributed by atoms with E-state index in [0.29, 0.717) is 0 Å². The Kier molecular flexibility index (Phi) is 2.94. The molecule has 1 heterocycles. The standard InChI is InChI=1S/C14H21NO/c1-14(2,3)9-12(15)10-4-5-13-11(8-10)6-7-16-13/h4-5,8,12H,6-7,9,15H2,1-3H3. The van der Waals surface area contributed by atoms with Crippen LogP contribution < -0.4 is 10.5 Å². The molecule has 2 rings (SSSR count). The van der Waals surface area contributed by atoms with Crippen LogP contribution in [0.3, 0.4) is 0 Å². The second kappa shape index (κ2) is 4.10. The van der Waals surface area contributed by atoms with E-state index in [0.717, 1.165) is 25.2 Å². The third-order valence-electron chi connectivity index (χ3n) is 2.97. The number of hydrogen-bond acceptors (Lipinski definition) is 2. The Morgan fingerprint density at radius 2 is 2.12 bits per heavy atom. The lowest BCUT2D eigenvalue weighted by Gasteiger charge is -2.23. The molecule has 1 aliphatic rings. The zero-order valence-corrected chi connectivity index (χ0v) is 10.4. The summed E-state index contributed by atoms with van der Waals surface area (Å²) in [4.78, 5) is 0. The van der Waals surface area contributed by atoms with Gasteiger partial charge in [0.1, 0.15) is 5.75 Å². The highest BCUT2D eigenvalue weighted by Crippen LogP contribution is 2.32. The van der Waals surface area contributed by atoms with Gasteiger partial charge in [-0.2, -0.15) is 0 Å². The monoisotopic (exact) mass is 219 g/mol. The summed E-state index contributed by atoms with van der Waals surface area (Å²) in [6, 6.07) is 6.49. The molecule has 0 aliphatic carbocycles. The van der Waals surface area contributed by atoms with E-state index in [1.807, 2.05) is 0 Å². The van der Waals surface area contributed by atoms with Gasteiger partial charge in [0.05, 0.1) is 6.61 Å². The van der Waals surface area contributed by atoms with Crippen LogP contribution in [-0.2, 0) is 6.42 Å². The molecule has 16 heavy (non-hydrogen) atoms. The van der Waals surface area contributed by atoms with E-state index >= 15 is 0 Å². The van der Waals surface area contributed by atoms with Gasteiger partial charge in [-0.05, 0) is 29.0 Å². The number of rotatable bonds is 2. The number of fused-ring (bicyclic) bond motifs is 1. The summed E-state index contributed by atoms with van der Waals surface area (Å²) in [5.74, 6) is 1.03. The van der Waals surface area contributed by atoms with Crippen molar-refractivity contribution in [3.63, 3.8) is 0 Å². The second-order valence-electron chi connectivity index (χ2n) is 5.84. The maximum atomic E-state index is 6.23.